The Bertz CT molecular complexity index is 1240. The molecule has 1 saturated heterocycles. The molecule has 1 N–H and O–H groups in total. The number of benzene rings is 2. The molecule has 0 aliphatic carbocycles. The van der Waals surface area contributed by atoms with Gasteiger partial charge in [0.2, 0.25) is 0 Å². The minimum Gasteiger partial charge on any atom is -0.322 e. The first-order valence-electron chi connectivity index (χ1n) is 10.9. The standard InChI is InChI=1S/C24H26N6O/c1-17-10-11-19-15-20(24(31)25-21(19)14-17)22(29-12-6-3-7-13-29)23-26-27-28-30(23)16-18-8-4-2-5-9-18/h2,4-5,8-11,14-15,22H,3,6-7,12-13,16H2,1H3,(H,25,31). The van der Waals surface area contributed by atoms with Gasteiger partial charge in [-0.3, -0.25) is 9.69 Å². The zero-order valence-corrected chi connectivity index (χ0v) is 17.7. The molecule has 2 aromatic carbocycles. The van der Waals surface area contributed by atoms with Crippen molar-refractivity contribution in [3.63, 3.8) is 0 Å². The van der Waals surface area contributed by atoms with Gasteiger partial charge in [-0.15, -0.1) is 5.10 Å². The number of tetrazole rings is 1. The van der Waals surface area contributed by atoms with Crippen molar-refractivity contribution in [2.75, 3.05) is 13.1 Å². The van der Waals surface area contributed by atoms with Crippen molar-refractivity contribution in [1.82, 2.24) is 30.1 Å². The zero-order valence-electron chi connectivity index (χ0n) is 17.7. The third-order valence-corrected chi connectivity index (χ3v) is 6.06. The van der Waals surface area contributed by atoms with Crippen LogP contribution in [0.25, 0.3) is 10.9 Å². The van der Waals surface area contributed by atoms with Gasteiger partial charge in [0.05, 0.1) is 6.54 Å². The lowest BCUT2D eigenvalue weighted by molar-refractivity contribution is 0.177. The topological polar surface area (TPSA) is 79.7 Å². The van der Waals surface area contributed by atoms with Crippen LogP contribution in [0.1, 0.15) is 47.8 Å². The van der Waals surface area contributed by atoms with Gasteiger partial charge in [-0.1, -0.05) is 48.9 Å². The first kappa shape index (κ1) is 19.6. The number of hydrogen-bond donors (Lipinski definition) is 1. The van der Waals surface area contributed by atoms with E-state index in [1.54, 1.807) is 0 Å². The van der Waals surface area contributed by atoms with Crippen LogP contribution in [0.5, 0.6) is 0 Å². The minimum atomic E-state index is -0.284. The number of pyridine rings is 1. The van der Waals surface area contributed by atoms with Crippen LogP contribution in [0.3, 0.4) is 0 Å². The van der Waals surface area contributed by atoms with E-state index in [2.05, 4.69) is 49.7 Å². The van der Waals surface area contributed by atoms with E-state index in [9.17, 15) is 4.79 Å². The van der Waals surface area contributed by atoms with Gasteiger partial charge >= 0.3 is 0 Å². The summed E-state index contributed by atoms with van der Waals surface area (Å²) in [6.45, 7) is 4.45. The number of piperidine rings is 1. The normalized spacial score (nSPS) is 15.9. The Hall–Kier alpha value is -3.32. The maximum absolute atomic E-state index is 13.2. The Morgan fingerprint density at radius 2 is 1.84 bits per heavy atom. The van der Waals surface area contributed by atoms with Crippen LogP contribution >= 0.6 is 0 Å². The van der Waals surface area contributed by atoms with E-state index in [-0.39, 0.29) is 11.6 Å². The van der Waals surface area contributed by atoms with Crippen LogP contribution in [-0.4, -0.2) is 43.2 Å². The lowest BCUT2D eigenvalue weighted by Gasteiger charge is -2.33. The van der Waals surface area contributed by atoms with Crippen LogP contribution < -0.4 is 5.56 Å². The van der Waals surface area contributed by atoms with Crippen LogP contribution in [0, 0.1) is 6.92 Å². The molecule has 0 saturated carbocycles. The first-order chi connectivity index (χ1) is 15.2. The fraction of sp³-hybridized carbons (Fsp3) is 0.333. The second-order valence-corrected chi connectivity index (χ2v) is 8.32. The number of hydrogen-bond acceptors (Lipinski definition) is 5. The number of likely N-dealkylation sites (tertiary alicyclic amines) is 1. The number of aromatic amines is 1. The molecule has 1 fully saturated rings. The molecule has 0 amide bonds. The zero-order chi connectivity index (χ0) is 21.2. The molecule has 7 heteroatoms. The second-order valence-electron chi connectivity index (χ2n) is 8.32. The Labute approximate surface area is 180 Å². The fourth-order valence-electron chi connectivity index (χ4n) is 4.49. The third-order valence-electron chi connectivity index (χ3n) is 6.06. The molecule has 0 spiro atoms. The van der Waals surface area contributed by atoms with Gasteiger partial charge in [0.15, 0.2) is 5.82 Å². The monoisotopic (exact) mass is 414 g/mol. The molecular formula is C24H26N6O. The molecule has 4 aromatic rings. The molecule has 2 aromatic heterocycles. The summed E-state index contributed by atoms with van der Waals surface area (Å²) in [4.78, 5) is 18.7. The molecule has 1 unspecified atom stereocenters. The highest BCUT2D eigenvalue weighted by Crippen LogP contribution is 2.29. The summed E-state index contributed by atoms with van der Waals surface area (Å²) in [7, 11) is 0. The SMILES string of the molecule is Cc1ccc2cc(C(c3nnnn3Cc3ccccc3)N3CCCCC3)c(=O)[nH]c2c1. The molecule has 5 rings (SSSR count). The molecule has 0 radical (unpaired) electrons. The molecule has 1 aliphatic heterocycles. The summed E-state index contributed by atoms with van der Waals surface area (Å²) < 4.78 is 1.83. The summed E-state index contributed by atoms with van der Waals surface area (Å²) in [5.74, 6) is 0.711. The number of aromatic nitrogens is 5. The average molecular weight is 415 g/mol. The van der Waals surface area contributed by atoms with E-state index < -0.39 is 0 Å². The van der Waals surface area contributed by atoms with Crippen LogP contribution in [0.2, 0.25) is 0 Å². The van der Waals surface area contributed by atoms with Crippen LogP contribution in [0.4, 0.5) is 0 Å². The highest BCUT2D eigenvalue weighted by Gasteiger charge is 2.31. The van der Waals surface area contributed by atoms with E-state index in [4.69, 9.17) is 0 Å². The maximum atomic E-state index is 13.2. The molecule has 1 aliphatic rings. The van der Waals surface area contributed by atoms with Gasteiger partial charge < -0.3 is 4.98 Å². The molecule has 7 nitrogen and oxygen atoms in total. The second kappa shape index (κ2) is 8.43. The smallest absolute Gasteiger partial charge is 0.253 e. The largest absolute Gasteiger partial charge is 0.322 e. The summed E-state index contributed by atoms with van der Waals surface area (Å²) in [5.41, 5.74) is 3.71. The highest BCUT2D eigenvalue weighted by molar-refractivity contribution is 5.79. The van der Waals surface area contributed by atoms with Crippen molar-refractivity contribution in [3.05, 3.63) is 87.5 Å². The van der Waals surface area contributed by atoms with Gasteiger partial charge in [-0.05, 0) is 71.9 Å². The van der Waals surface area contributed by atoms with Crippen LogP contribution in [-0.2, 0) is 6.54 Å². The molecule has 31 heavy (non-hydrogen) atoms. The predicted molar refractivity (Wildman–Crippen MR) is 120 cm³/mol. The van der Waals surface area contributed by atoms with E-state index in [0.29, 0.717) is 17.9 Å². The lowest BCUT2D eigenvalue weighted by Crippen LogP contribution is -2.38. The first-order valence-corrected chi connectivity index (χ1v) is 10.9. The van der Waals surface area contributed by atoms with Crippen molar-refractivity contribution >= 4 is 10.9 Å². The Kier molecular flexibility index (Phi) is 5.34. The minimum absolute atomic E-state index is 0.0806. The Morgan fingerprint density at radius 3 is 2.65 bits per heavy atom. The van der Waals surface area contributed by atoms with Crippen LogP contribution in [0.15, 0.2) is 59.4 Å². The predicted octanol–water partition coefficient (Wildman–Crippen LogP) is 3.45. The van der Waals surface area contributed by atoms with E-state index in [1.807, 2.05) is 41.9 Å². The van der Waals surface area contributed by atoms with Gasteiger partial charge in [0.1, 0.15) is 6.04 Å². The molecule has 1 atom stereocenters. The van der Waals surface area contributed by atoms with Crippen molar-refractivity contribution in [2.45, 2.75) is 38.8 Å². The Balaban J connectivity index is 1.62. The van der Waals surface area contributed by atoms with E-state index in [1.165, 1.54) is 6.42 Å². The molecule has 3 heterocycles. The number of rotatable bonds is 5. The number of fused-ring (bicyclic) bond motifs is 1. The maximum Gasteiger partial charge on any atom is 0.253 e. The molecule has 0 bridgehead atoms. The number of nitrogens with one attached hydrogen (secondary N) is 1. The number of aryl methyl sites for hydroxylation is 1. The van der Waals surface area contributed by atoms with Gasteiger partial charge in [-0.2, -0.15) is 0 Å². The van der Waals surface area contributed by atoms with Crippen molar-refractivity contribution in [3.8, 4) is 0 Å². The summed E-state index contributed by atoms with van der Waals surface area (Å²) in [6.07, 6.45) is 3.44. The summed E-state index contributed by atoms with van der Waals surface area (Å²) in [6, 6.07) is 18.0. The summed E-state index contributed by atoms with van der Waals surface area (Å²) in [5, 5.41) is 13.7. The van der Waals surface area contributed by atoms with Crippen molar-refractivity contribution in [1.29, 1.82) is 0 Å². The lowest BCUT2D eigenvalue weighted by atomic mass is 10.00. The molecule has 158 valence electrons. The Morgan fingerprint density at radius 1 is 1.03 bits per heavy atom. The van der Waals surface area contributed by atoms with Crippen molar-refractivity contribution < 1.29 is 0 Å². The quantitative estimate of drug-likeness (QED) is 0.541. The van der Waals surface area contributed by atoms with Gasteiger partial charge in [0, 0.05) is 11.1 Å². The highest BCUT2D eigenvalue weighted by atomic mass is 16.1. The van der Waals surface area contributed by atoms with Gasteiger partial charge in [0.25, 0.3) is 5.56 Å². The van der Waals surface area contributed by atoms with E-state index >= 15 is 0 Å². The molecular weight excluding hydrogens is 388 g/mol. The van der Waals surface area contributed by atoms with Gasteiger partial charge in [-0.25, -0.2) is 4.68 Å². The number of H-pyrrole nitrogens is 1. The fourth-order valence-corrected chi connectivity index (χ4v) is 4.49. The number of nitrogens with zero attached hydrogens (tertiary/aromatic N) is 5. The van der Waals surface area contributed by atoms with E-state index in [0.717, 1.165) is 48.0 Å². The third kappa shape index (κ3) is 4.01. The average Bonchev–Trinajstić information content (AvgIpc) is 3.23. The van der Waals surface area contributed by atoms with Crippen molar-refractivity contribution in [2.24, 2.45) is 0 Å². The summed E-state index contributed by atoms with van der Waals surface area (Å²) >= 11 is 0.